The van der Waals surface area contributed by atoms with E-state index in [9.17, 15) is 4.79 Å². The second-order valence-electron chi connectivity index (χ2n) is 6.08. The number of carbonyl (C=O) groups is 1. The summed E-state index contributed by atoms with van der Waals surface area (Å²) in [7, 11) is 1.66. The summed E-state index contributed by atoms with van der Waals surface area (Å²) in [5, 5.41) is 9.05. The first-order valence-electron chi connectivity index (χ1n) is 8.39. The van der Waals surface area contributed by atoms with Crippen LogP contribution < -0.4 is 9.47 Å². The monoisotopic (exact) mass is 321 g/mol. The van der Waals surface area contributed by atoms with Crippen molar-refractivity contribution in [1.29, 1.82) is 0 Å². The van der Waals surface area contributed by atoms with Gasteiger partial charge in [-0.2, -0.15) is 0 Å². The average molecular weight is 321 g/mol. The van der Waals surface area contributed by atoms with E-state index in [-0.39, 0.29) is 5.92 Å². The molecule has 1 aromatic carbocycles. The SMILES string of the molecule is CCCCOc1ccc(CN2CCC(C(=O)O)CC2)cc1OC. The lowest BCUT2D eigenvalue weighted by Crippen LogP contribution is -2.35. The Labute approximate surface area is 138 Å². The smallest absolute Gasteiger partial charge is 0.306 e. The molecule has 1 N–H and O–H groups in total. The van der Waals surface area contributed by atoms with Crippen molar-refractivity contribution in [3.05, 3.63) is 23.8 Å². The number of unbranched alkanes of at least 4 members (excludes halogenated alkanes) is 1. The van der Waals surface area contributed by atoms with E-state index in [0.29, 0.717) is 6.61 Å². The molecule has 0 unspecified atom stereocenters. The number of nitrogens with zero attached hydrogens (tertiary/aromatic N) is 1. The molecule has 0 radical (unpaired) electrons. The van der Waals surface area contributed by atoms with E-state index in [0.717, 1.165) is 56.8 Å². The van der Waals surface area contributed by atoms with Gasteiger partial charge in [-0.15, -0.1) is 0 Å². The summed E-state index contributed by atoms with van der Waals surface area (Å²) in [4.78, 5) is 13.3. The number of carboxylic acids is 1. The maximum absolute atomic E-state index is 11.0. The summed E-state index contributed by atoms with van der Waals surface area (Å²) < 4.78 is 11.2. The number of hydrogen-bond donors (Lipinski definition) is 1. The fourth-order valence-corrected chi connectivity index (χ4v) is 2.85. The largest absolute Gasteiger partial charge is 0.493 e. The van der Waals surface area contributed by atoms with Crippen LogP contribution in [0.1, 0.15) is 38.2 Å². The van der Waals surface area contributed by atoms with E-state index in [1.807, 2.05) is 12.1 Å². The van der Waals surface area contributed by atoms with Crippen molar-refractivity contribution in [3.8, 4) is 11.5 Å². The molecule has 128 valence electrons. The Morgan fingerprint density at radius 2 is 2.04 bits per heavy atom. The van der Waals surface area contributed by atoms with E-state index in [4.69, 9.17) is 14.6 Å². The van der Waals surface area contributed by atoms with E-state index in [1.165, 1.54) is 5.56 Å². The zero-order valence-corrected chi connectivity index (χ0v) is 14.1. The van der Waals surface area contributed by atoms with Crippen molar-refractivity contribution in [2.24, 2.45) is 5.92 Å². The van der Waals surface area contributed by atoms with Crippen LogP contribution in [0, 0.1) is 5.92 Å². The molecule has 0 aliphatic carbocycles. The zero-order chi connectivity index (χ0) is 16.7. The normalized spacial score (nSPS) is 16.3. The van der Waals surface area contributed by atoms with Gasteiger partial charge in [0, 0.05) is 6.54 Å². The Hall–Kier alpha value is -1.75. The minimum atomic E-state index is -0.667. The maximum Gasteiger partial charge on any atom is 0.306 e. The van der Waals surface area contributed by atoms with Gasteiger partial charge >= 0.3 is 5.97 Å². The molecule has 1 saturated heterocycles. The third kappa shape index (κ3) is 5.13. The van der Waals surface area contributed by atoms with Gasteiger partial charge < -0.3 is 14.6 Å². The second-order valence-corrected chi connectivity index (χ2v) is 6.08. The third-order valence-corrected chi connectivity index (χ3v) is 4.33. The van der Waals surface area contributed by atoms with Crippen LogP contribution in [0.15, 0.2) is 18.2 Å². The highest BCUT2D eigenvalue weighted by atomic mass is 16.5. The summed E-state index contributed by atoms with van der Waals surface area (Å²) >= 11 is 0. The first-order valence-corrected chi connectivity index (χ1v) is 8.39. The second kappa shape index (κ2) is 8.77. The van der Waals surface area contributed by atoms with Crippen LogP contribution in [0.3, 0.4) is 0 Å². The number of methoxy groups -OCH3 is 1. The molecule has 0 bridgehead atoms. The molecule has 0 amide bonds. The quantitative estimate of drug-likeness (QED) is 0.745. The van der Waals surface area contributed by atoms with Gasteiger partial charge in [0.25, 0.3) is 0 Å². The number of likely N-dealkylation sites (tertiary alicyclic amines) is 1. The van der Waals surface area contributed by atoms with Gasteiger partial charge in [-0.25, -0.2) is 0 Å². The zero-order valence-electron chi connectivity index (χ0n) is 14.1. The standard InChI is InChI=1S/C18H27NO4/c1-3-4-11-23-16-6-5-14(12-17(16)22-2)13-19-9-7-15(8-10-19)18(20)21/h5-6,12,15H,3-4,7-11,13H2,1-2H3,(H,20,21). The van der Waals surface area contributed by atoms with Crippen LogP contribution >= 0.6 is 0 Å². The highest BCUT2D eigenvalue weighted by molar-refractivity contribution is 5.70. The number of aliphatic carboxylic acids is 1. The van der Waals surface area contributed by atoms with Crippen LogP contribution in [-0.4, -0.2) is 42.8 Å². The minimum Gasteiger partial charge on any atom is -0.493 e. The predicted octanol–water partition coefficient (Wildman–Crippen LogP) is 3.17. The molecule has 0 aromatic heterocycles. The first-order chi connectivity index (χ1) is 11.1. The fourth-order valence-electron chi connectivity index (χ4n) is 2.85. The minimum absolute atomic E-state index is 0.185. The average Bonchev–Trinajstić information content (AvgIpc) is 2.56. The molecule has 1 fully saturated rings. The highest BCUT2D eigenvalue weighted by Crippen LogP contribution is 2.29. The molecule has 0 spiro atoms. The Balaban J connectivity index is 1.92. The molecule has 23 heavy (non-hydrogen) atoms. The lowest BCUT2D eigenvalue weighted by molar-refractivity contribution is -0.143. The number of benzene rings is 1. The molecule has 0 atom stereocenters. The summed E-state index contributed by atoms with van der Waals surface area (Å²) in [6.07, 6.45) is 3.59. The third-order valence-electron chi connectivity index (χ3n) is 4.33. The Kier molecular flexibility index (Phi) is 6.71. The van der Waals surface area contributed by atoms with Crippen LogP contribution in [-0.2, 0) is 11.3 Å². The maximum atomic E-state index is 11.0. The van der Waals surface area contributed by atoms with Crippen LogP contribution in [0.25, 0.3) is 0 Å². The van der Waals surface area contributed by atoms with Gasteiger partial charge in [0.1, 0.15) is 0 Å². The lowest BCUT2D eigenvalue weighted by atomic mass is 9.97. The number of hydrogen-bond acceptors (Lipinski definition) is 4. The lowest BCUT2D eigenvalue weighted by Gasteiger charge is -2.30. The first kappa shape index (κ1) is 17.6. The van der Waals surface area contributed by atoms with Crippen molar-refractivity contribution < 1.29 is 19.4 Å². The molecule has 1 heterocycles. The number of carboxylic acid groups (broad SMARTS) is 1. The van der Waals surface area contributed by atoms with Gasteiger partial charge in [0.15, 0.2) is 11.5 Å². The Morgan fingerprint density at radius 1 is 1.30 bits per heavy atom. The van der Waals surface area contributed by atoms with Crippen LogP contribution in [0.5, 0.6) is 11.5 Å². The van der Waals surface area contributed by atoms with Crippen molar-refractivity contribution in [3.63, 3.8) is 0 Å². The molecular formula is C18H27NO4. The molecule has 1 aliphatic rings. The summed E-state index contributed by atoms with van der Waals surface area (Å²) in [6.45, 7) is 5.31. The van der Waals surface area contributed by atoms with E-state index in [1.54, 1.807) is 7.11 Å². The fraction of sp³-hybridized carbons (Fsp3) is 0.611. The highest BCUT2D eigenvalue weighted by Gasteiger charge is 2.24. The topological polar surface area (TPSA) is 59.0 Å². The number of ether oxygens (including phenoxy) is 2. The number of rotatable bonds is 8. The predicted molar refractivity (Wildman–Crippen MR) is 89.0 cm³/mol. The number of piperidine rings is 1. The molecule has 1 aromatic rings. The van der Waals surface area contributed by atoms with Gasteiger partial charge in [-0.1, -0.05) is 19.4 Å². The molecule has 2 rings (SSSR count). The van der Waals surface area contributed by atoms with Crippen LogP contribution in [0.2, 0.25) is 0 Å². The Morgan fingerprint density at radius 3 is 2.65 bits per heavy atom. The van der Waals surface area contributed by atoms with Crippen molar-refractivity contribution >= 4 is 5.97 Å². The van der Waals surface area contributed by atoms with Gasteiger partial charge in [0.2, 0.25) is 0 Å². The molecular weight excluding hydrogens is 294 g/mol. The summed E-state index contributed by atoms with van der Waals surface area (Å²) in [5.41, 5.74) is 1.17. The van der Waals surface area contributed by atoms with Gasteiger partial charge in [-0.05, 0) is 50.0 Å². The Bertz CT molecular complexity index is 510. The summed E-state index contributed by atoms with van der Waals surface area (Å²) in [5.74, 6) is 0.698. The van der Waals surface area contributed by atoms with Crippen molar-refractivity contribution in [2.75, 3.05) is 26.8 Å². The van der Waals surface area contributed by atoms with E-state index < -0.39 is 5.97 Å². The van der Waals surface area contributed by atoms with E-state index in [2.05, 4.69) is 17.9 Å². The van der Waals surface area contributed by atoms with Crippen molar-refractivity contribution in [2.45, 2.75) is 39.2 Å². The van der Waals surface area contributed by atoms with Gasteiger partial charge in [-0.3, -0.25) is 9.69 Å². The van der Waals surface area contributed by atoms with Crippen LogP contribution in [0.4, 0.5) is 0 Å². The molecule has 5 nitrogen and oxygen atoms in total. The van der Waals surface area contributed by atoms with Crippen molar-refractivity contribution in [1.82, 2.24) is 4.90 Å². The summed E-state index contributed by atoms with van der Waals surface area (Å²) in [6, 6.07) is 6.05. The van der Waals surface area contributed by atoms with E-state index >= 15 is 0 Å². The van der Waals surface area contributed by atoms with Gasteiger partial charge in [0.05, 0.1) is 19.6 Å². The molecule has 0 saturated carbocycles. The molecule has 5 heteroatoms. The molecule has 1 aliphatic heterocycles.